The number of hydrogen-bond donors (Lipinski definition) is 1. The number of aliphatic imine (C=N–C) groups is 1. The lowest BCUT2D eigenvalue weighted by Gasteiger charge is -2.30. The fraction of sp³-hybridized carbons (Fsp3) is 0.556. The molecule has 2 rings (SSSR count). The fourth-order valence-electron chi connectivity index (χ4n) is 2.49. The van der Waals surface area contributed by atoms with Gasteiger partial charge in [-0.15, -0.1) is 0 Å². The van der Waals surface area contributed by atoms with Crippen LogP contribution in [0.3, 0.4) is 0 Å². The Labute approximate surface area is 138 Å². The number of nitrogens with zero attached hydrogens (tertiary/aromatic N) is 2. The van der Waals surface area contributed by atoms with Crippen LogP contribution in [0.4, 0.5) is 4.79 Å². The highest BCUT2D eigenvalue weighted by Crippen LogP contribution is 2.11. The monoisotopic (exact) mass is 317 g/mol. The van der Waals surface area contributed by atoms with Gasteiger partial charge in [-0.1, -0.05) is 30.3 Å². The minimum atomic E-state index is -0.472. The molecule has 1 aromatic rings. The van der Waals surface area contributed by atoms with Gasteiger partial charge in [0.2, 0.25) is 0 Å². The summed E-state index contributed by atoms with van der Waals surface area (Å²) in [6.45, 7) is 9.46. The van der Waals surface area contributed by atoms with Crippen LogP contribution < -0.4 is 5.32 Å². The molecule has 1 heterocycles. The molecule has 0 aliphatic carbocycles. The van der Waals surface area contributed by atoms with Crippen molar-refractivity contribution in [3.05, 3.63) is 35.9 Å². The minimum Gasteiger partial charge on any atom is -0.444 e. The average Bonchev–Trinajstić information content (AvgIpc) is 2.46. The highest BCUT2D eigenvalue weighted by molar-refractivity contribution is 5.88. The summed E-state index contributed by atoms with van der Waals surface area (Å²) in [5.41, 5.74) is 0.813. The molecule has 23 heavy (non-hydrogen) atoms. The van der Waals surface area contributed by atoms with Gasteiger partial charge in [-0.3, -0.25) is 9.89 Å². The molecule has 0 saturated carbocycles. The van der Waals surface area contributed by atoms with Crippen LogP contribution in [-0.4, -0.2) is 48.1 Å². The summed E-state index contributed by atoms with van der Waals surface area (Å²) in [5, 5.41) is 3.42. The van der Waals surface area contributed by atoms with Crippen LogP contribution in [0, 0.1) is 0 Å². The Morgan fingerprint density at radius 3 is 2.70 bits per heavy atom. The molecule has 0 spiro atoms. The third kappa shape index (κ3) is 5.93. The molecule has 1 aliphatic rings. The van der Waals surface area contributed by atoms with E-state index in [1.165, 1.54) is 5.56 Å². The van der Waals surface area contributed by atoms with Gasteiger partial charge in [-0.2, -0.15) is 0 Å². The standard InChI is InChI=1S/C18H27N3O2/c1-14(12-15-8-6-5-7-9-15)20-16-13-21(11-10-19-16)17(22)23-18(2,3)4/h5-9,14H,10-13H2,1-4H3,(H,19,20). The van der Waals surface area contributed by atoms with Crippen LogP contribution >= 0.6 is 0 Å². The second kappa shape index (κ2) is 7.49. The largest absolute Gasteiger partial charge is 0.444 e. The van der Waals surface area contributed by atoms with Crippen molar-refractivity contribution in [3.63, 3.8) is 0 Å². The Morgan fingerprint density at radius 2 is 2.04 bits per heavy atom. The summed E-state index contributed by atoms with van der Waals surface area (Å²) >= 11 is 0. The lowest BCUT2D eigenvalue weighted by molar-refractivity contribution is 0.0276. The molecule has 0 saturated heterocycles. The normalized spacial score (nSPS) is 16.5. The van der Waals surface area contributed by atoms with Gasteiger partial charge in [-0.05, 0) is 39.7 Å². The zero-order valence-electron chi connectivity index (χ0n) is 14.5. The number of carbonyl (C=O) groups excluding carboxylic acids is 1. The molecule has 5 heteroatoms. The van der Waals surface area contributed by atoms with Gasteiger partial charge in [0.1, 0.15) is 11.4 Å². The van der Waals surface area contributed by atoms with Crippen LogP contribution in [0.1, 0.15) is 33.3 Å². The van der Waals surface area contributed by atoms with E-state index in [2.05, 4.69) is 29.4 Å². The molecular formula is C18H27N3O2. The minimum absolute atomic E-state index is 0.259. The van der Waals surface area contributed by atoms with Crippen molar-refractivity contribution in [2.45, 2.75) is 45.8 Å². The van der Waals surface area contributed by atoms with E-state index in [0.717, 1.165) is 12.3 Å². The van der Waals surface area contributed by atoms with Crippen LogP contribution in [-0.2, 0) is 11.2 Å². The molecule has 5 nitrogen and oxygen atoms in total. The van der Waals surface area contributed by atoms with E-state index in [1.54, 1.807) is 4.90 Å². The summed E-state index contributed by atoms with van der Waals surface area (Å²) in [5.74, 6) is 0.852. The fourth-order valence-corrected chi connectivity index (χ4v) is 2.49. The topological polar surface area (TPSA) is 53.9 Å². The first-order valence-electron chi connectivity index (χ1n) is 8.15. The molecule has 1 aliphatic heterocycles. The van der Waals surface area contributed by atoms with Crippen molar-refractivity contribution < 1.29 is 9.53 Å². The van der Waals surface area contributed by atoms with Crippen LogP contribution in [0.5, 0.6) is 0 Å². The lowest BCUT2D eigenvalue weighted by atomic mass is 10.1. The summed E-state index contributed by atoms with van der Waals surface area (Å²) < 4.78 is 5.43. The highest BCUT2D eigenvalue weighted by atomic mass is 16.6. The number of amides is 1. The van der Waals surface area contributed by atoms with E-state index in [0.29, 0.717) is 19.6 Å². The number of benzene rings is 1. The quantitative estimate of drug-likeness (QED) is 0.932. The number of ether oxygens (including phenoxy) is 1. The van der Waals surface area contributed by atoms with Gasteiger partial charge in [0.05, 0.1) is 13.1 Å². The molecule has 1 unspecified atom stereocenters. The Morgan fingerprint density at radius 1 is 1.35 bits per heavy atom. The molecule has 1 N–H and O–H groups in total. The van der Waals surface area contributed by atoms with E-state index >= 15 is 0 Å². The zero-order chi connectivity index (χ0) is 16.9. The molecule has 126 valence electrons. The second-order valence-corrected chi connectivity index (χ2v) is 6.97. The van der Waals surface area contributed by atoms with Crippen LogP contribution in [0.25, 0.3) is 0 Å². The molecule has 1 atom stereocenters. The van der Waals surface area contributed by atoms with E-state index in [4.69, 9.17) is 4.74 Å². The van der Waals surface area contributed by atoms with Gasteiger partial charge in [0.15, 0.2) is 0 Å². The van der Waals surface area contributed by atoms with Crippen molar-refractivity contribution in [2.75, 3.05) is 19.6 Å². The Bertz CT molecular complexity index is 549. The van der Waals surface area contributed by atoms with E-state index in [1.807, 2.05) is 39.0 Å². The number of carbonyl (C=O) groups is 1. The summed E-state index contributed by atoms with van der Waals surface area (Å²) in [4.78, 5) is 18.4. The van der Waals surface area contributed by atoms with Gasteiger partial charge in [0.25, 0.3) is 0 Å². The van der Waals surface area contributed by atoms with E-state index in [9.17, 15) is 4.79 Å². The summed E-state index contributed by atoms with van der Waals surface area (Å²) in [6.07, 6.45) is 0.647. The predicted molar refractivity (Wildman–Crippen MR) is 92.9 cm³/mol. The first-order chi connectivity index (χ1) is 10.8. The molecule has 0 bridgehead atoms. The maximum absolute atomic E-state index is 12.2. The predicted octanol–water partition coefficient (Wildman–Crippen LogP) is 2.86. The lowest BCUT2D eigenvalue weighted by Crippen LogP contribution is -2.49. The molecule has 0 fully saturated rings. The first kappa shape index (κ1) is 17.3. The molecule has 0 aromatic heterocycles. The Hall–Kier alpha value is -2.04. The van der Waals surface area contributed by atoms with Crippen LogP contribution in [0.15, 0.2) is 35.3 Å². The first-order valence-corrected chi connectivity index (χ1v) is 8.15. The Balaban J connectivity index is 1.86. The number of amidine groups is 1. The van der Waals surface area contributed by atoms with E-state index < -0.39 is 5.60 Å². The highest BCUT2D eigenvalue weighted by Gasteiger charge is 2.25. The molecule has 0 radical (unpaired) electrons. The van der Waals surface area contributed by atoms with Gasteiger partial charge < -0.3 is 10.1 Å². The molecule has 1 amide bonds. The number of nitrogens with one attached hydrogen (secondary N) is 1. The third-order valence-electron chi connectivity index (χ3n) is 3.46. The number of hydrogen-bond acceptors (Lipinski definition) is 4. The summed E-state index contributed by atoms with van der Waals surface area (Å²) in [7, 11) is 0. The van der Waals surface area contributed by atoms with Crippen molar-refractivity contribution in [1.29, 1.82) is 0 Å². The zero-order valence-corrected chi connectivity index (χ0v) is 14.5. The van der Waals surface area contributed by atoms with Gasteiger partial charge in [-0.25, -0.2) is 4.79 Å². The van der Waals surface area contributed by atoms with Gasteiger partial charge >= 0.3 is 6.09 Å². The van der Waals surface area contributed by atoms with Crippen LogP contribution in [0.2, 0.25) is 0 Å². The van der Waals surface area contributed by atoms with Crippen molar-refractivity contribution >= 4 is 11.9 Å². The average molecular weight is 317 g/mol. The maximum Gasteiger partial charge on any atom is 0.410 e. The Kier molecular flexibility index (Phi) is 5.64. The third-order valence-corrected chi connectivity index (χ3v) is 3.46. The summed E-state index contributed by atoms with van der Waals surface area (Å²) in [6, 6.07) is 10.6. The van der Waals surface area contributed by atoms with E-state index in [-0.39, 0.29) is 12.1 Å². The van der Waals surface area contributed by atoms with Crippen molar-refractivity contribution in [2.24, 2.45) is 4.99 Å². The molecular weight excluding hydrogens is 290 g/mol. The number of rotatable bonds is 3. The van der Waals surface area contributed by atoms with Crippen molar-refractivity contribution in [3.8, 4) is 0 Å². The SMILES string of the molecule is CC(Cc1ccccc1)NC1=NCCN(C(=O)OC(C)(C)C)C1. The second-order valence-electron chi connectivity index (χ2n) is 6.97. The van der Waals surface area contributed by atoms with Gasteiger partial charge in [0, 0.05) is 12.6 Å². The smallest absolute Gasteiger partial charge is 0.410 e. The maximum atomic E-state index is 12.2. The molecule has 1 aromatic carbocycles. The van der Waals surface area contributed by atoms with Crippen molar-refractivity contribution in [1.82, 2.24) is 10.2 Å².